The molecule has 0 radical (unpaired) electrons. The van der Waals surface area contributed by atoms with Crippen molar-refractivity contribution >= 4 is 80.4 Å². The highest BCUT2D eigenvalue weighted by Crippen LogP contribution is 2.38. The van der Waals surface area contributed by atoms with Gasteiger partial charge in [0.2, 0.25) is 17.7 Å². The van der Waals surface area contributed by atoms with Crippen LogP contribution in [0.15, 0.2) is 199 Å². The van der Waals surface area contributed by atoms with E-state index in [9.17, 15) is 51.5 Å². The molecule has 6 N–H and O–H groups in total. The molecule has 7 aliphatic rings. The molecule has 2 unspecified atom stereocenters. The van der Waals surface area contributed by atoms with E-state index in [0.717, 1.165) is 123 Å². The Labute approximate surface area is 627 Å². The van der Waals surface area contributed by atoms with Crippen LogP contribution in [0, 0.1) is 51.1 Å². The first-order valence-electron chi connectivity index (χ1n) is 36.1. The van der Waals surface area contributed by atoms with Gasteiger partial charge >= 0.3 is 0 Å². The Hall–Kier alpha value is -12.8. The number of carbonyl (C=O) groups excluding carboxylic acids is 8. The number of allylic oxidation sites excluding steroid dienone is 2. The van der Waals surface area contributed by atoms with E-state index in [1.807, 2.05) is 118 Å². The third-order valence-electron chi connectivity index (χ3n) is 20.5. The van der Waals surface area contributed by atoms with Gasteiger partial charge in [0.15, 0.2) is 17.3 Å². The van der Waals surface area contributed by atoms with Crippen molar-refractivity contribution in [3.8, 4) is 22.5 Å². The largest absolute Gasteiger partial charge is 0.366 e. The Bertz CT molecular complexity index is 5670. The number of aliphatic imine (C=N–C) groups is 1. The van der Waals surface area contributed by atoms with Gasteiger partial charge in [-0.15, -0.1) is 0 Å². The minimum atomic E-state index is -0.801. The number of Topliss-reactive ketones (excluding diaryl/α,β-unsaturated/α-hetero) is 3. The van der Waals surface area contributed by atoms with Crippen molar-refractivity contribution in [3.63, 3.8) is 0 Å². The van der Waals surface area contributed by atoms with Crippen molar-refractivity contribution in [1.82, 2.24) is 24.0 Å². The highest BCUT2D eigenvalue weighted by molar-refractivity contribution is 6.16. The molecule has 550 valence electrons. The van der Waals surface area contributed by atoms with Crippen LogP contribution in [0.25, 0.3) is 44.6 Å². The Kier molecular flexibility index (Phi) is 21.4. The molecule has 2 aromatic heterocycles. The van der Waals surface area contributed by atoms with Gasteiger partial charge < -0.3 is 36.1 Å². The standard InChI is InChI=1S/C18H16N2O.C16H13FN2O2.C16H15FN2O.C16H14O.C12H12N2O.C10H9FN2O2/c1-12-7-9-13(10-8-12)18-19-15-5-2-4-14-16(21)6-3-11-20(18)17(14)15;1-9-2-4-12(5-3-9)19-8-10-6-11(17)7-13(15(18)20)14(10)16(19)21;1-9-5-6-11(13(17)7-9)15-8-12-10(16(18)20)3-2-4-14(12)19-15;1-2-11-7-8-12-10-16(17)14-6-4-3-5-13(14)15(12)9-11;1-8-13-10-5-2-4-9-11(15)6-3-7-14(8)12(9)10;1-13-4-5-2-6(11)3-7(9(12)14)8(5)10(13)15/h2,4-5,7-10H,3,6,11H2,1H3;2-7H,8H2,1H3,(H2,18,20);2-7,12,14H,8H2,1H3,(H2,18,20);3-9H,2,10H2,1H3;2,4-5H,3,6-7H2,1H3;2-3H,4H2,1H3,(H2,12,14). The zero-order valence-corrected chi connectivity index (χ0v) is 61.1. The van der Waals surface area contributed by atoms with Crippen LogP contribution < -0.4 is 22.1 Å². The van der Waals surface area contributed by atoms with E-state index in [-0.39, 0.29) is 75.7 Å². The Balaban J connectivity index is 0.000000116. The smallest absolute Gasteiger partial charge is 0.259 e. The SMILES string of the molecule is CCc1ccc2c(c1)-c1ccccc1C(=O)C2.CN1Cc2cc(F)cc(C(N)=O)c2C1=O.Cc1ccc(-c2nc3cccc4c3n2CCCC4=O)cc1.Cc1ccc(C2=NC3C=CC=C(C(N)=O)C3C2)c(F)c1.Cc1ccc(N2Cc3cc(F)cc(C(N)=O)c3C2=O)cc1.Cc1nc2cccc3c2n1CCCC3=O. The van der Waals surface area contributed by atoms with Gasteiger partial charge in [0.05, 0.1) is 56.9 Å². The molecule has 0 spiro atoms. The van der Waals surface area contributed by atoms with Crippen molar-refractivity contribution < 1.29 is 51.5 Å². The third kappa shape index (κ3) is 15.3. The van der Waals surface area contributed by atoms with Gasteiger partial charge in [0, 0.05) is 96.7 Å². The normalized spacial score (nSPS) is 16.0. The summed E-state index contributed by atoms with van der Waals surface area (Å²) in [6.45, 7) is 12.3. The van der Waals surface area contributed by atoms with Gasteiger partial charge in [0.1, 0.15) is 29.1 Å². The zero-order chi connectivity index (χ0) is 77.2. The fraction of sp³-hybridized carbons (Fsp3) is 0.216. The Morgan fingerprint density at radius 3 is 1.72 bits per heavy atom. The summed E-state index contributed by atoms with van der Waals surface area (Å²) < 4.78 is 45.1. The molecule has 11 aromatic rings. The average Bonchev–Trinajstić information content (AvgIpc) is 1.66. The number of hydrogen-bond acceptors (Lipinski definition) is 11. The van der Waals surface area contributed by atoms with Crippen molar-refractivity contribution in [3.05, 3.63) is 300 Å². The lowest BCUT2D eigenvalue weighted by Crippen LogP contribution is -2.26. The number of primary amides is 3. The fourth-order valence-electron chi connectivity index (χ4n) is 15.0. The molecule has 0 fully saturated rings. The number of rotatable bonds is 7. The molecular weight excluding hydrogens is 1380 g/mol. The molecule has 18 nitrogen and oxygen atoms in total. The molecule has 109 heavy (non-hydrogen) atoms. The molecular formula is C88H79F3N10O8. The van der Waals surface area contributed by atoms with Crippen LogP contribution >= 0.6 is 0 Å². The quantitative estimate of drug-likeness (QED) is 0.136. The summed E-state index contributed by atoms with van der Waals surface area (Å²) >= 11 is 0. The predicted molar refractivity (Wildman–Crippen MR) is 414 cm³/mol. The van der Waals surface area contributed by atoms with Crippen LogP contribution in [0.3, 0.4) is 0 Å². The van der Waals surface area contributed by atoms with E-state index >= 15 is 0 Å². The van der Waals surface area contributed by atoms with Gasteiger partial charge in [-0.25, -0.2) is 23.1 Å². The molecule has 2 aliphatic carbocycles. The van der Waals surface area contributed by atoms with Gasteiger partial charge in [-0.1, -0.05) is 133 Å². The molecule has 18 rings (SSSR count). The highest BCUT2D eigenvalue weighted by atomic mass is 19.1. The second-order valence-corrected chi connectivity index (χ2v) is 28.0. The summed E-state index contributed by atoms with van der Waals surface area (Å²) in [4.78, 5) is 111. The van der Waals surface area contributed by atoms with Crippen molar-refractivity contribution in [2.45, 2.75) is 112 Å². The number of nitrogens with zero attached hydrogens (tertiary/aromatic N) is 7. The third-order valence-corrected chi connectivity index (χ3v) is 20.5. The van der Waals surface area contributed by atoms with Crippen LogP contribution in [-0.2, 0) is 43.8 Å². The summed E-state index contributed by atoms with van der Waals surface area (Å²) in [5.74, 6) is -1.40. The van der Waals surface area contributed by atoms with Crippen LogP contribution in [-0.4, -0.2) is 89.7 Å². The van der Waals surface area contributed by atoms with E-state index < -0.39 is 29.4 Å². The average molecular weight is 1460 g/mol. The maximum absolute atomic E-state index is 14.0. The van der Waals surface area contributed by atoms with Crippen LogP contribution in [0.4, 0.5) is 18.9 Å². The number of aromatic nitrogens is 4. The van der Waals surface area contributed by atoms with Crippen LogP contribution in [0.5, 0.6) is 0 Å². The van der Waals surface area contributed by atoms with Crippen LogP contribution in [0.1, 0.15) is 162 Å². The van der Waals surface area contributed by atoms with Gasteiger partial charge in [-0.3, -0.25) is 43.3 Å². The summed E-state index contributed by atoms with van der Waals surface area (Å²) in [6, 6.07) is 51.4. The molecule has 7 heterocycles. The lowest BCUT2D eigenvalue weighted by molar-refractivity contribution is -0.115. The summed E-state index contributed by atoms with van der Waals surface area (Å²) in [6.07, 6.45) is 10.6. The number of hydrogen-bond donors (Lipinski definition) is 3. The summed E-state index contributed by atoms with van der Waals surface area (Å²) in [5, 5.41) is 0. The number of aryl methyl sites for hydroxylation is 7. The van der Waals surface area contributed by atoms with E-state index in [1.165, 1.54) is 44.7 Å². The number of nitrogens with two attached hydrogens (primary N) is 3. The second-order valence-electron chi connectivity index (χ2n) is 28.0. The van der Waals surface area contributed by atoms with Gasteiger partial charge in [-0.05, 0) is 165 Å². The van der Waals surface area contributed by atoms with Gasteiger partial charge in [0.25, 0.3) is 11.8 Å². The number of benzene rings is 9. The van der Waals surface area contributed by atoms with E-state index in [2.05, 4.69) is 75.4 Å². The molecule has 0 saturated heterocycles. The summed E-state index contributed by atoms with van der Waals surface area (Å²) in [7, 11) is 1.59. The van der Waals surface area contributed by atoms with Crippen molar-refractivity contribution in [2.24, 2.45) is 28.1 Å². The number of amides is 5. The van der Waals surface area contributed by atoms with Crippen molar-refractivity contribution in [2.75, 3.05) is 11.9 Å². The molecule has 5 aliphatic heterocycles. The summed E-state index contributed by atoms with van der Waals surface area (Å²) in [5.41, 5.74) is 35.0. The number of imidazole rings is 2. The Morgan fingerprint density at radius 2 is 1.10 bits per heavy atom. The van der Waals surface area contributed by atoms with E-state index in [0.29, 0.717) is 65.9 Å². The monoisotopic (exact) mass is 1460 g/mol. The molecule has 21 heteroatoms. The number of carbonyl (C=O) groups is 8. The predicted octanol–water partition coefficient (Wildman–Crippen LogP) is 15.2. The maximum Gasteiger partial charge on any atom is 0.259 e. The minimum absolute atomic E-state index is 0.0423. The van der Waals surface area contributed by atoms with E-state index in [4.69, 9.17) is 22.2 Å². The molecule has 2 atom stereocenters. The molecule has 9 aromatic carbocycles. The first kappa shape index (κ1) is 74.5. The number of fused-ring (bicyclic) bond motifs is 6. The number of halogens is 3. The first-order valence-corrected chi connectivity index (χ1v) is 36.1. The molecule has 5 amide bonds. The maximum atomic E-state index is 14.0. The topological polar surface area (TPSA) is 269 Å². The van der Waals surface area contributed by atoms with Crippen LogP contribution in [0.2, 0.25) is 0 Å². The Morgan fingerprint density at radius 1 is 0.532 bits per heavy atom. The molecule has 0 saturated carbocycles. The zero-order valence-electron chi connectivity index (χ0n) is 61.1. The second kappa shape index (κ2) is 31.3. The number of para-hydroxylation sites is 2. The lowest BCUT2D eigenvalue weighted by Gasteiger charge is -2.19. The van der Waals surface area contributed by atoms with Gasteiger partial charge in [-0.2, -0.15) is 0 Å². The van der Waals surface area contributed by atoms with E-state index in [1.54, 1.807) is 25.3 Å². The number of anilines is 1. The highest BCUT2D eigenvalue weighted by Gasteiger charge is 2.37. The lowest BCUT2D eigenvalue weighted by atomic mass is 9.84. The number of ketones is 3. The van der Waals surface area contributed by atoms with Crippen molar-refractivity contribution in [1.29, 1.82) is 0 Å². The minimum Gasteiger partial charge on any atom is -0.366 e. The first-order chi connectivity index (χ1) is 52.3. The molecule has 0 bridgehead atoms. The fourth-order valence-corrected chi connectivity index (χ4v) is 15.0.